The van der Waals surface area contributed by atoms with Crippen LogP contribution in [-0.4, -0.2) is 46.6 Å². The van der Waals surface area contributed by atoms with E-state index in [1.807, 2.05) is 43.3 Å². The Bertz CT molecular complexity index is 1170. The number of amides is 1. The van der Waals surface area contributed by atoms with E-state index in [4.69, 9.17) is 9.47 Å². The van der Waals surface area contributed by atoms with Crippen LogP contribution in [0.2, 0.25) is 0 Å². The molecular weight excluding hydrogens is 422 g/mol. The molecule has 0 bridgehead atoms. The topological polar surface area (TPSA) is 111 Å². The average Bonchev–Trinajstić information content (AvgIpc) is 3.24. The number of rotatable bonds is 8. The smallest absolute Gasteiger partial charge is 0.255 e. The van der Waals surface area contributed by atoms with Crippen LogP contribution in [0, 0.1) is 0 Å². The first-order chi connectivity index (χ1) is 16.0. The number of anilines is 2. The Balaban J connectivity index is 1.76. The minimum atomic E-state index is -0.503. The number of para-hydroxylation sites is 2. The highest BCUT2D eigenvalue weighted by Gasteiger charge is 2.34. The first-order valence-electron chi connectivity index (χ1n) is 10.7. The van der Waals surface area contributed by atoms with Gasteiger partial charge in [-0.2, -0.15) is 10.1 Å². The monoisotopic (exact) mass is 449 g/mol. The number of ether oxygens (including phenoxy) is 2. The Labute approximate surface area is 192 Å². The van der Waals surface area contributed by atoms with Gasteiger partial charge in [0.05, 0.1) is 25.5 Å². The first-order valence-corrected chi connectivity index (χ1v) is 10.7. The predicted octanol–water partition coefficient (Wildman–Crippen LogP) is 3.15. The van der Waals surface area contributed by atoms with Gasteiger partial charge in [-0.1, -0.05) is 24.3 Å². The van der Waals surface area contributed by atoms with Gasteiger partial charge in [0.25, 0.3) is 5.91 Å². The van der Waals surface area contributed by atoms with Gasteiger partial charge in [-0.05, 0) is 43.2 Å². The average molecular weight is 450 g/mol. The number of fused-ring (bicyclic) bond motifs is 1. The van der Waals surface area contributed by atoms with Crippen molar-refractivity contribution in [3.8, 4) is 11.5 Å². The van der Waals surface area contributed by atoms with Crippen LogP contribution in [0.15, 0.2) is 59.8 Å². The zero-order valence-electron chi connectivity index (χ0n) is 18.8. The van der Waals surface area contributed by atoms with E-state index in [0.717, 1.165) is 11.3 Å². The molecule has 1 atom stereocenters. The molecule has 0 radical (unpaired) electrons. The third-order valence-corrected chi connectivity index (χ3v) is 5.49. The number of aliphatic hydroxyl groups excluding tert-OH is 1. The van der Waals surface area contributed by atoms with Crippen LogP contribution in [0.4, 0.5) is 11.6 Å². The molecule has 2 heterocycles. The molecule has 0 aliphatic carbocycles. The highest BCUT2D eigenvalue weighted by Crippen LogP contribution is 2.37. The second-order valence-electron chi connectivity index (χ2n) is 7.62. The lowest BCUT2D eigenvalue weighted by molar-refractivity contribution is -0.113. The van der Waals surface area contributed by atoms with Crippen molar-refractivity contribution in [1.82, 2.24) is 14.8 Å². The molecule has 0 saturated heterocycles. The fourth-order valence-corrected chi connectivity index (χ4v) is 3.86. The van der Waals surface area contributed by atoms with E-state index in [-0.39, 0.29) is 12.5 Å². The zero-order valence-corrected chi connectivity index (χ0v) is 18.8. The van der Waals surface area contributed by atoms with Gasteiger partial charge in [-0.25, -0.2) is 4.68 Å². The van der Waals surface area contributed by atoms with Gasteiger partial charge in [0.2, 0.25) is 5.95 Å². The number of hydrogen-bond acceptors (Lipinski definition) is 7. The normalized spacial score (nSPS) is 15.0. The van der Waals surface area contributed by atoms with Gasteiger partial charge in [0.15, 0.2) is 5.82 Å². The number of nitrogens with zero attached hydrogens (tertiary/aromatic N) is 3. The number of allylic oxidation sites excluding steroid dienone is 1. The molecule has 2 aromatic carbocycles. The Hall–Kier alpha value is -3.85. The molecule has 172 valence electrons. The number of carbonyl (C=O) groups is 1. The molecule has 1 aliphatic heterocycles. The second-order valence-corrected chi connectivity index (χ2v) is 7.62. The molecule has 1 aromatic heterocycles. The van der Waals surface area contributed by atoms with Crippen LogP contribution < -0.4 is 20.1 Å². The molecule has 3 N–H and O–H groups in total. The fourth-order valence-electron chi connectivity index (χ4n) is 3.86. The van der Waals surface area contributed by atoms with Crippen molar-refractivity contribution in [2.24, 2.45) is 0 Å². The molecule has 9 heteroatoms. The van der Waals surface area contributed by atoms with Crippen molar-refractivity contribution < 1.29 is 19.4 Å². The molecule has 33 heavy (non-hydrogen) atoms. The number of carbonyl (C=O) groups excluding carboxylic acids is 1. The maximum atomic E-state index is 13.6. The van der Waals surface area contributed by atoms with Crippen molar-refractivity contribution in [2.45, 2.75) is 25.8 Å². The van der Waals surface area contributed by atoms with Gasteiger partial charge >= 0.3 is 0 Å². The molecule has 0 fully saturated rings. The summed E-state index contributed by atoms with van der Waals surface area (Å²) in [5.41, 5.74) is 2.63. The van der Waals surface area contributed by atoms with E-state index in [9.17, 15) is 9.90 Å². The molecule has 9 nitrogen and oxygen atoms in total. The number of methoxy groups -OCH3 is 2. The van der Waals surface area contributed by atoms with Crippen molar-refractivity contribution in [1.29, 1.82) is 0 Å². The van der Waals surface area contributed by atoms with Crippen molar-refractivity contribution >= 4 is 17.5 Å². The minimum absolute atomic E-state index is 0.0586. The molecule has 1 unspecified atom stereocenters. The molecule has 1 amide bonds. The highest BCUT2D eigenvalue weighted by molar-refractivity contribution is 6.06. The summed E-state index contributed by atoms with van der Waals surface area (Å²) in [5, 5.41) is 20.0. The van der Waals surface area contributed by atoms with Crippen molar-refractivity contribution in [3.63, 3.8) is 0 Å². The molecule has 3 aromatic rings. The number of aryl methyl sites for hydroxylation is 1. The van der Waals surface area contributed by atoms with Crippen molar-refractivity contribution in [3.05, 3.63) is 71.2 Å². The van der Waals surface area contributed by atoms with Gasteiger partial charge in [0, 0.05) is 18.7 Å². The standard InChI is InChI=1S/C24H27N5O4/c1-15-21(23(31)26-18-7-4-5-8-19(18)33-3)22(16-10-12-17(32-2)13-11-16)29-24(25-15)27-20(28-29)9-6-14-30/h4-5,7-8,10-13,22,30H,6,9,14H2,1-3H3,(H,26,31)(H,25,27,28). The molecular formula is C24H27N5O4. The number of aliphatic hydroxyl groups is 1. The van der Waals surface area contributed by atoms with Gasteiger partial charge in [0.1, 0.15) is 17.5 Å². The quantitative estimate of drug-likeness (QED) is 0.484. The van der Waals surface area contributed by atoms with E-state index in [0.29, 0.717) is 47.3 Å². The van der Waals surface area contributed by atoms with Gasteiger partial charge in [-0.15, -0.1) is 0 Å². The van der Waals surface area contributed by atoms with Crippen LogP contribution in [0.25, 0.3) is 0 Å². The summed E-state index contributed by atoms with van der Waals surface area (Å²) in [7, 11) is 3.17. The lowest BCUT2D eigenvalue weighted by Crippen LogP contribution is -2.31. The van der Waals surface area contributed by atoms with Crippen LogP contribution in [0.1, 0.15) is 30.8 Å². The highest BCUT2D eigenvalue weighted by atomic mass is 16.5. The fraction of sp³-hybridized carbons (Fsp3) is 0.292. The maximum absolute atomic E-state index is 13.6. The third-order valence-electron chi connectivity index (χ3n) is 5.49. The number of nitrogens with one attached hydrogen (secondary N) is 2. The number of hydrogen-bond donors (Lipinski definition) is 3. The summed E-state index contributed by atoms with van der Waals surface area (Å²) in [6.07, 6.45) is 1.10. The lowest BCUT2D eigenvalue weighted by Gasteiger charge is -2.29. The molecule has 4 rings (SSSR count). The van der Waals surface area contributed by atoms with E-state index in [1.165, 1.54) is 0 Å². The largest absolute Gasteiger partial charge is 0.497 e. The molecule has 0 saturated carbocycles. The van der Waals surface area contributed by atoms with Crippen LogP contribution in [0.3, 0.4) is 0 Å². The maximum Gasteiger partial charge on any atom is 0.255 e. The summed E-state index contributed by atoms with van der Waals surface area (Å²) in [5.74, 6) is 2.17. The Morgan fingerprint density at radius 1 is 1.15 bits per heavy atom. The van der Waals surface area contributed by atoms with Crippen LogP contribution in [0.5, 0.6) is 11.5 Å². The Morgan fingerprint density at radius 2 is 1.91 bits per heavy atom. The summed E-state index contributed by atoms with van der Waals surface area (Å²) in [6, 6.07) is 14.3. The summed E-state index contributed by atoms with van der Waals surface area (Å²) < 4.78 is 12.4. The minimum Gasteiger partial charge on any atom is -0.497 e. The molecule has 1 aliphatic rings. The second kappa shape index (κ2) is 9.74. The van der Waals surface area contributed by atoms with Gasteiger partial charge in [-0.3, -0.25) is 4.79 Å². The Morgan fingerprint density at radius 3 is 2.61 bits per heavy atom. The zero-order chi connectivity index (χ0) is 23.4. The SMILES string of the molecule is COc1ccc(C2C(C(=O)Nc3ccccc3OC)=C(C)Nc3nc(CCCO)nn32)cc1. The van der Waals surface area contributed by atoms with E-state index in [1.54, 1.807) is 31.0 Å². The first kappa shape index (κ1) is 22.3. The molecule has 0 spiro atoms. The Kier molecular flexibility index (Phi) is 6.60. The third kappa shape index (κ3) is 4.54. The van der Waals surface area contributed by atoms with Crippen LogP contribution in [-0.2, 0) is 11.2 Å². The van der Waals surface area contributed by atoms with E-state index < -0.39 is 6.04 Å². The van der Waals surface area contributed by atoms with E-state index >= 15 is 0 Å². The number of benzene rings is 2. The van der Waals surface area contributed by atoms with E-state index in [2.05, 4.69) is 20.7 Å². The summed E-state index contributed by atoms with van der Waals surface area (Å²) in [4.78, 5) is 18.1. The predicted molar refractivity (Wildman–Crippen MR) is 125 cm³/mol. The van der Waals surface area contributed by atoms with Gasteiger partial charge < -0.3 is 25.2 Å². The summed E-state index contributed by atoms with van der Waals surface area (Å²) >= 11 is 0. The summed E-state index contributed by atoms with van der Waals surface area (Å²) in [6.45, 7) is 1.91. The van der Waals surface area contributed by atoms with Crippen LogP contribution >= 0.6 is 0 Å². The van der Waals surface area contributed by atoms with Crippen molar-refractivity contribution in [2.75, 3.05) is 31.5 Å². The number of aromatic nitrogens is 3. The lowest BCUT2D eigenvalue weighted by atomic mass is 9.95.